The average molecular weight is 635 g/mol. The van der Waals surface area contributed by atoms with Crippen molar-refractivity contribution in [2.75, 3.05) is 14.2 Å². The van der Waals surface area contributed by atoms with Crippen LogP contribution in [0.3, 0.4) is 0 Å². The number of Topliss-reactive ketones (excluding diaryl/α,β-unsaturated/α-hetero) is 4. The fourth-order valence-electron chi connectivity index (χ4n) is 6.43. The molecule has 0 bridgehead atoms. The lowest BCUT2D eigenvalue weighted by Crippen LogP contribution is -2.42. The summed E-state index contributed by atoms with van der Waals surface area (Å²) in [5.41, 5.74) is -7.88. The van der Waals surface area contributed by atoms with Gasteiger partial charge < -0.3 is 50.3 Å². The molecule has 14 nitrogen and oxygen atoms in total. The van der Waals surface area contributed by atoms with Gasteiger partial charge in [0.05, 0.1) is 58.4 Å². The smallest absolute Gasteiger partial charge is 0.199 e. The Kier molecular flexibility index (Phi) is 6.25. The lowest BCUT2D eigenvalue weighted by atomic mass is 9.76. The van der Waals surface area contributed by atoms with Gasteiger partial charge in [0, 0.05) is 23.6 Å². The molecule has 0 radical (unpaired) electrons. The first-order valence-corrected chi connectivity index (χ1v) is 13.6. The third-order valence-corrected chi connectivity index (χ3v) is 8.65. The van der Waals surface area contributed by atoms with Gasteiger partial charge in [0.2, 0.25) is 0 Å². The highest BCUT2D eigenvalue weighted by Crippen LogP contribution is 2.59. The highest BCUT2D eigenvalue weighted by atomic mass is 16.5. The van der Waals surface area contributed by atoms with Crippen LogP contribution in [-0.4, -0.2) is 89.4 Å². The monoisotopic (exact) mass is 634 g/mol. The molecule has 2 aliphatic carbocycles. The second-order valence-electron chi connectivity index (χ2n) is 11.8. The molecule has 0 aromatic heterocycles. The Balaban J connectivity index is 1.76. The Bertz CT molecular complexity index is 2000. The largest absolute Gasteiger partial charge is 0.507 e. The summed E-state index contributed by atoms with van der Waals surface area (Å²) in [7, 11) is 2.28. The van der Waals surface area contributed by atoms with Crippen LogP contribution in [0.4, 0.5) is 0 Å². The van der Waals surface area contributed by atoms with Crippen molar-refractivity contribution in [1.82, 2.24) is 0 Å². The fraction of sp³-hybridized carbons (Fsp3) is 0.250. The maximum absolute atomic E-state index is 13.0. The Labute approximate surface area is 257 Å². The van der Waals surface area contributed by atoms with Crippen LogP contribution in [0.25, 0.3) is 32.7 Å². The number of carbonyl (C=O) groups is 4. The number of phenols is 6. The van der Waals surface area contributed by atoms with E-state index < -0.39 is 126 Å². The minimum Gasteiger partial charge on any atom is -0.507 e. The Hall–Kier alpha value is -5.60. The lowest BCUT2D eigenvalue weighted by molar-refractivity contribution is 0.0322. The number of hydrogen-bond acceptors (Lipinski definition) is 14. The molecule has 0 saturated carbocycles. The normalized spacial score (nSPS) is 21.1. The second kappa shape index (κ2) is 9.45. The van der Waals surface area contributed by atoms with Crippen molar-refractivity contribution < 1.29 is 69.5 Å². The molecule has 0 aliphatic heterocycles. The predicted molar refractivity (Wildman–Crippen MR) is 158 cm³/mol. The molecule has 0 heterocycles. The molecule has 0 fully saturated rings. The zero-order chi connectivity index (χ0) is 33.9. The number of methoxy groups -OCH3 is 2. The summed E-state index contributed by atoms with van der Waals surface area (Å²) < 4.78 is 10.8. The minimum atomic E-state index is -2.19. The molecule has 2 aliphatic rings. The molecule has 4 aromatic carbocycles. The van der Waals surface area contributed by atoms with Gasteiger partial charge in [-0.25, -0.2) is 0 Å². The first-order valence-electron chi connectivity index (χ1n) is 13.6. The van der Waals surface area contributed by atoms with Gasteiger partial charge in [0.25, 0.3) is 0 Å². The summed E-state index contributed by atoms with van der Waals surface area (Å²) in [6, 6.07) is 2.14. The number of ether oxygens (including phenoxy) is 2. The first kappa shape index (κ1) is 30.4. The molecule has 4 aromatic rings. The van der Waals surface area contributed by atoms with Crippen molar-refractivity contribution >= 4 is 44.7 Å². The molecule has 0 unspecified atom stereocenters. The zero-order valence-electron chi connectivity index (χ0n) is 24.6. The molecule has 46 heavy (non-hydrogen) atoms. The van der Waals surface area contributed by atoms with Gasteiger partial charge in [-0.2, -0.15) is 0 Å². The molecule has 0 spiro atoms. The quantitative estimate of drug-likeness (QED) is 0.151. The van der Waals surface area contributed by atoms with Crippen molar-refractivity contribution in [3.05, 3.63) is 34.4 Å². The summed E-state index contributed by atoms with van der Waals surface area (Å²) in [5, 5.41) is 87.1. The van der Waals surface area contributed by atoms with E-state index in [0.29, 0.717) is 0 Å². The summed E-state index contributed by atoms with van der Waals surface area (Å²) >= 11 is 0. The summed E-state index contributed by atoms with van der Waals surface area (Å²) in [4.78, 5) is 51.9. The van der Waals surface area contributed by atoms with Crippen LogP contribution >= 0.6 is 0 Å². The van der Waals surface area contributed by atoms with Crippen LogP contribution in [0.2, 0.25) is 0 Å². The first-order chi connectivity index (χ1) is 21.4. The summed E-state index contributed by atoms with van der Waals surface area (Å²) in [6.07, 6.45) is -1.46. The summed E-state index contributed by atoms with van der Waals surface area (Å²) in [5.74, 6) is -9.93. The molecule has 238 valence electrons. The van der Waals surface area contributed by atoms with E-state index in [1.54, 1.807) is 0 Å². The number of carbonyl (C=O) groups excluding carboxylic acids is 4. The van der Waals surface area contributed by atoms with Crippen LogP contribution in [0, 0.1) is 0 Å². The molecule has 6 rings (SSSR count). The molecular formula is C32H26O14. The average Bonchev–Trinajstić information content (AvgIpc) is 2.97. The molecule has 0 amide bonds. The van der Waals surface area contributed by atoms with Crippen LogP contribution in [0.1, 0.15) is 68.1 Å². The SMILES string of the molecule is COc1cc2c(O)c3c(c(O)c2c(O)c1-c1c(OC)cc2c(O)c4c(c(O)c2c1O)C(=O)C[C@@](C)(O)C4=O)C(=O)C[C@@](C)(O)C3=O. The van der Waals surface area contributed by atoms with E-state index in [4.69, 9.17) is 9.47 Å². The van der Waals surface area contributed by atoms with Gasteiger partial charge in [-0.1, -0.05) is 0 Å². The molecule has 2 atom stereocenters. The van der Waals surface area contributed by atoms with E-state index in [-0.39, 0.29) is 22.3 Å². The number of hydrogen-bond donors (Lipinski definition) is 8. The van der Waals surface area contributed by atoms with E-state index in [0.717, 1.165) is 40.2 Å². The predicted octanol–water partition coefficient (Wildman–Crippen LogP) is 2.95. The van der Waals surface area contributed by atoms with E-state index >= 15 is 0 Å². The molecule has 14 heteroatoms. The number of ketones is 4. The van der Waals surface area contributed by atoms with Crippen molar-refractivity contribution in [2.24, 2.45) is 0 Å². The van der Waals surface area contributed by atoms with Crippen molar-refractivity contribution in [2.45, 2.75) is 37.9 Å². The van der Waals surface area contributed by atoms with Gasteiger partial charge in [0.15, 0.2) is 23.1 Å². The fourth-order valence-corrected chi connectivity index (χ4v) is 6.43. The third-order valence-electron chi connectivity index (χ3n) is 8.65. The number of aromatic hydroxyl groups is 6. The second-order valence-corrected chi connectivity index (χ2v) is 11.8. The summed E-state index contributed by atoms with van der Waals surface area (Å²) in [6.45, 7) is 2.14. The van der Waals surface area contributed by atoms with E-state index in [2.05, 4.69) is 0 Å². The molecule has 8 N–H and O–H groups in total. The van der Waals surface area contributed by atoms with Gasteiger partial charge in [-0.15, -0.1) is 0 Å². The number of phenolic OH excluding ortho intramolecular Hbond substituents is 6. The van der Waals surface area contributed by atoms with Crippen molar-refractivity contribution in [3.63, 3.8) is 0 Å². The van der Waals surface area contributed by atoms with E-state index in [9.17, 15) is 60.0 Å². The van der Waals surface area contributed by atoms with Gasteiger partial charge in [-0.05, 0) is 26.0 Å². The highest BCUT2D eigenvalue weighted by Gasteiger charge is 2.47. The van der Waals surface area contributed by atoms with Crippen LogP contribution < -0.4 is 9.47 Å². The minimum absolute atomic E-state index is 0.307. The molecular weight excluding hydrogens is 608 g/mol. The van der Waals surface area contributed by atoms with Crippen LogP contribution in [-0.2, 0) is 0 Å². The molecule has 0 saturated heterocycles. The van der Waals surface area contributed by atoms with E-state index in [1.165, 1.54) is 0 Å². The third kappa shape index (κ3) is 3.71. The highest BCUT2D eigenvalue weighted by molar-refractivity contribution is 6.27. The Morgan fingerprint density at radius 3 is 1.13 bits per heavy atom. The van der Waals surface area contributed by atoms with Crippen LogP contribution in [0.5, 0.6) is 46.0 Å². The number of rotatable bonds is 3. The van der Waals surface area contributed by atoms with Crippen molar-refractivity contribution in [3.8, 4) is 57.1 Å². The number of fused-ring (bicyclic) bond motifs is 4. The topological polar surface area (TPSA) is 249 Å². The number of benzene rings is 4. The van der Waals surface area contributed by atoms with E-state index in [1.807, 2.05) is 0 Å². The van der Waals surface area contributed by atoms with Gasteiger partial charge >= 0.3 is 0 Å². The maximum Gasteiger partial charge on any atom is 0.199 e. The number of aliphatic hydroxyl groups is 2. The van der Waals surface area contributed by atoms with Crippen molar-refractivity contribution in [1.29, 1.82) is 0 Å². The Morgan fingerprint density at radius 1 is 0.522 bits per heavy atom. The zero-order valence-corrected chi connectivity index (χ0v) is 24.6. The lowest BCUT2D eigenvalue weighted by Gasteiger charge is -2.30. The standard InChI is InChI=1S/C32H26O14/c1-31(43)7-11(33)17-21(29(31)41)23(35)9-5-13(45-3)19(27(39)15(9)25(17)37)20-14(46-4)6-10-16(28(20)40)26(38)18-12(34)8-32(2,44)30(42)22(18)24(10)36/h5-6,35-40,43-44H,7-8H2,1-4H3/t31-,32-/m1/s1. The Morgan fingerprint density at radius 2 is 0.826 bits per heavy atom. The van der Waals surface area contributed by atoms with Gasteiger partial charge in [0.1, 0.15) is 57.2 Å². The van der Waals surface area contributed by atoms with Gasteiger partial charge in [-0.3, -0.25) is 19.2 Å². The maximum atomic E-state index is 13.0. The van der Waals surface area contributed by atoms with Crippen LogP contribution in [0.15, 0.2) is 12.1 Å².